The van der Waals surface area contributed by atoms with Crippen LogP contribution in [0.1, 0.15) is 32.3 Å². The average molecular weight is 318 g/mol. The smallest absolute Gasteiger partial charge is 0.266 e. The Balaban J connectivity index is 2.12. The molecule has 0 amide bonds. The molecule has 0 aromatic heterocycles. The quantitative estimate of drug-likeness (QED) is 0.801. The molecule has 0 heterocycles. The van der Waals surface area contributed by atoms with E-state index >= 15 is 0 Å². The van der Waals surface area contributed by atoms with E-state index in [0.717, 1.165) is 0 Å². The number of carbonyl (C=O) groups is 1. The fourth-order valence-corrected chi connectivity index (χ4v) is 3.19. The molecule has 1 aromatic carbocycles. The van der Waals surface area contributed by atoms with Gasteiger partial charge in [0.05, 0.1) is 11.4 Å². The van der Waals surface area contributed by atoms with Gasteiger partial charge in [0, 0.05) is 12.5 Å². The molecule has 116 valence electrons. The molecule has 0 spiro atoms. The maximum atomic E-state index is 11.9. The molecule has 0 saturated carbocycles. The lowest BCUT2D eigenvalue weighted by Crippen LogP contribution is -2.21. The first kappa shape index (κ1) is 16.3. The summed E-state index contributed by atoms with van der Waals surface area (Å²) in [7, 11) is -3.67. The molecule has 1 aromatic rings. The van der Waals surface area contributed by atoms with E-state index in [0.29, 0.717) is 24.1 Å². The Morgan fingerprint density at radius 1 is 1.18 bits per heavy atom. The van der Waals surface area contributed by atoms with Crippen LogP contribution in [0.25, 0.3) is 0 Å². The van der Waals surface area contributed by atoms with Crippen molar-refractivity contribution in [1.82, 2.24) is 0 Å². The molecule has 1 aliphatic rings. The number of rotatable bonds is 4. The Labute approximate surface area is 130 Å². The van der Waals surface area contributed by atoms with E-state index in [1.165, 1.54) is 6.08 Å². The fraction of sp³-hybridized carbons (Fsp3) is 0.375. The predicted octanol–water partition coefficient (Wildman–Crippen LogP) is 2.96. The number of hydrogen-bond donors (Lipinski definition) is 0. The van der Waals surface area contributed by atoms with Crippen LogP contribution in [0.2, 0.25) is 0 Å². The van der Waals surface area contributed by atoms with Crippen LogP contribution in [0.15, 0.2) is 51.5 Å². The minimum Gasteiger partial charge on any atom is -0.295 e. The molecule has 1 aliphatic carbocycles. The molecular formula is C16H18N2O3S. The summed E-state index contributed by atoms with van der Waals surface area (Å²) in [5.74, 6) is -0.205. The third-order valence-corrected chi connectivity index (χ3v) is 4.26. The zero-order valence-electron chi connectivity index (χ0n) is 12.6. The summed E-state index contributed by atoms with van der Waals surface area (Å²) in [5.41, 5.74) is 0.996. The number of allylic oxidation sites excluding steroid dienone is 2. The zero-order chi connectivity index (χ0) is 16.2. The zero-order valence-corrected chi connectivity index (χ0v) is 13.4. The molecule has 0 N–H and O–H groups in total. The number of nitrogens with zero attached hydrogens (tertiary/aromatic N) is 2. The van der Waals surface area contributed by atoms with E-state index in [9.17, 15) is 13.2 Å². The van der Waals surface area contributed by atoms with E-state index in [2.05, 4.69) is 15.4 Å². The van der Waals surface area contributed by atoms with Gasteiger partial charge in [0.25, 0.3) is 10.0 Å². The Morgan fingerprint density at radius 3 is 2.50 bits per heavy atom. The van der Waals surface area contributed by atoms with Gasteiger partial charge in [0.15, 0.2) is 5.78 Å². The van der Waals surface area contributed by atoms with Crippen LogP contribution < -0.4 is 0 Å². The number of aliphatic imine (C=N–C) groups is 1. The van der Waals surface area contributed by atoms with E-state index in [1.807, 2.05) is 19.9 Å². The number of carbonyl (C=O) groups excluding carboxylic acids is 1. The number of hydrogen-bond acceptors (Lipinski definition) is 4. The van der Waals surface area contributed by atoms with Crippen molar-refractivity contribution >= 4 is 21.8 Å². The van der Waals surface area contributed by atoms with Crippen LogP contribution in [0, 0.1) is 5.41 Å². The van der Waals surface area contributed by atoms with Gasteiger partial charge in [-0.1, -0.05) is 48.6 Å². The predicted molar refractivity (Wildman–Crippen MR) is 85.0 cm³/mol. The SMILES string of the molecule is CC1(C)CC(=O)C=C(N=C=NS(=O)(=O)Cc2ccccc2)C1. The first-order valence-corrected chi connectivity index (χ1v) is 8.54. The van der Waals surface area contributed by atoms with Gasteiger partial charge >= 0.3 is 0 Å². The summed E-state index contributed by atoms with van der Waals surface area (Å²) in [6.45, 7) is 3.94. The van der Waals surface area contributed by atoms with Gasteiger partial charge in [-0.25, -0.2) is 8.42 Å². The van der Waals surface area contributed by atoms with Crippen molar-refractivity contribution in [2.24, 2.45) is 14.8 Å². The van der Waals surface area contributed by atoms with Gasteiger partial charge in [-0.2, -0.15) is 4.99 Å². The van der Waals surface area contributed by atoms with Crippen LogP contribution >= 0.6 is 0 Å². The highest BCUT2D eigenvalue weighted by molar-refractivity contribution is 7.89. The van der Waals surface area contributed by atoms with Crippen LogP contribution in [0.5, 0.6) is 0 Å². The molecule has 0 atom stereocenters. The van der Waals surface area contributed by atoms with Gasteiger partial charge in [-0.3, -0.25) is 4.79 Å². The molecule has 0 radical (unpaired) electrons. The Morgan fingerprint density at radius 2 is 1.86 bits per heavy atom. The Kier molecular flexibility index (Phi) is 4.74. The first-order chi connectivity index (χ1) is 10.3. The summed E-state index contributed by atoms with van der Waals surface area (Å²) in [5, 5.41) is 0. The third kappa shape index (κ3) is 5.06. The van der Waals surface area contributed by atoms with Crippen LogP contribution in [0.3, 0.4) is 0 Å². The molecule has 0 unspecified atom stereocenters. The average Bonchev–Trinajstić information content (AvgIpc) is 2.36. The monoisotopic (exact) mass is 318 g/mol. The lowest BCUT2D eigenvalue weighted by molar-refractivity contribution is -0.117. The van der Waals surface area contributed by atoms with E-state index in [4.69, 9.17) is 0 Å². The van der Waals surface area contributed by atoms with E-state index in [1.54, 1.807) is 24.3 Å². The van der Waals surface area contributed by atoms with Crippen LogP contribution in [0.4, 0.5) is 0 Å². The molecule has 0 saturated heterocycles. The number of ketones is 1. The van der Waals surface area contributed by atoms with E-state index in [-0.39, 0.29) is 17.0 Å². The van der Waals surface area contributed by atoms with Gasteiger partial charge in [0.1, 0.15) is 6.01 Å². The van der Waals surface area contributed by atoms with Crippen molar-refractivity contribution in [2.45, 2.75) is 32.4 Å². The second-order valence-electron chi connectivity index (χ2n) is 6.13. The van der Waals surface area contributed by atoms with Gasteiger partial charge in [-0.05, 0) is 17.4 Å². The molecule has 0 aliphatic heterocycles. The summed E-state index contributed by atoms with van der Waals surface area (Å²) in [6.07, 6.45) is 2.49. The van der Waals surface area contributed by atoms with Crippen molar-refractivity contribution in [3.63, 3.8) is 0 Å². The molecule has 0 bridgehead atoms. The largest absolute Gasteiger partial charge is 0.295 e. The summed E-state index contributed by atoms with van der Waals surface area (Å²) < 4.78 is 27.1. The number of sulfonamides is 1. The van der Waals surface area contributed by atoms with Gasteiger partial charge in [0.2, 0.25) is 0 Å². The Bertz CT molecular complexity index is 756. The highest BCUT2D eigenvalue weighted by atomic mass is 32.2. The number of benzene rings is 1. The Hall–Kier alpha value is -2.04. The van der Waals surface area contributed by atoms with Crippen molar-refractivity contribution in [3.8, 4) is 0 Å². The summed E-state index contributed by atoms with van der Waals surface area (Å²) in [6, 6.07) is 11.0. The molecule has 6 heteroatoms. The standard InChI is InChI=1S/C16H18N2O3S/c1-16(2)9-14(8-15(19)10-16)17-12-18-22(20,21)11-13-6-4-3-5-7-13/h3-8H,9-11H2,1-2H3. The highest BCUT2D eigenvalue weighted by Crippen LogP contribution is 2.33. The minimum absolute atomic E-state index is 0.0102. The van der Waals surface area contributed by atoms with E-state index < -0.39 is 10.0 Å². The summed E-state index contributed by atoms with van der Waals surface area (Å²) in [4.78, 5) is 15.5. The lowest BCUT2D eigenvalue weighted by atomic mass is 9.79. The van der Waals surface area contributed by atoms with Crippen LogP contribution in [-0.2, 0) is 20.6 Å². The summed E-state index contributed by atoms with van der Waals surface area (Å²) >= 11 is 0. The van der Waals surface area contributed by atoms with Gasteiger partial charge < -0.3 is 0 Å². The van der Waals surface area contributed by atoms with Crippen molar-refractivity contribution < 1.29 is 13.2 Å². The van der Waals surface area contributed by atoms with Gasteiger partial charge in [-0.15, -0.1) is 0 Å². The maximum Gasteiger partial charge on any atom is 0.266 e. The molecule has 0 fully saturated rings. The van der Waals surface area contributed by atoms with Crippen molar-refractivity contribution in [3.05, 3.63) is 47.7 Å². The molecule has 2 rings (SSSR count). The highest BCUT2D eigenvalue weighted by Gasteiger charge is 2.27. The first-order valence-electron chi connectivity index (χ1n) is 6.94. The topological polar surface area (TPSA) is 75.9 Å². The molecule has 5 nitrogen and oxygen atoms in total. The fourth-order valence-electron chi connectivity index (χ4n) is 2.35. The third-order valence-electron chi connectivity index (χ3n) is 3.21. The lowest BCUT2D eigenvalue weighted by Gasteiger charge is -2.26. The minimum atomic E-state index is -3.67. The second kappa shape index (κ2) is 6.38. The van der Waals surface area contributed by atoms with Crippen molar-refractivity contribution in [2.75, 3.05) is 0 Å². The van der Waals surface area contributed by atoms with Crippen LogP contribution in [-0.4, -0.2) is 20.2 Å². The molecular weight excluding hydrogens is 300 g/mol. The second-order valence-corrected chi connectivity index (χ2v) is 7.77. The molecule has 22 heavy (non-hydrogen) atoms. The maximum absolute atomic E-state index is 11.9. The normalized spacial score (nSPS) is 17.4. The van der Waals surface area contributed by atoms with Crippen molar-refractivity contribution in [1.29, 1.82) is 0 Å².